The van der Waals surface area contributed by atoms with Crippen molar-refractivity contribution in [3.63, 3.8) is 0 Å². The van der Waals surface area contributed by atoms with Crippen molar-refractivity contribution in [1.82, 2.24) is 0 Å². The Kier molecular flexibility index (Phi) is 2.53. The molecule has 0 fully saturated rings. The predicted octanol–water partition coefficient (Wildman–Crippen LogP) is 3.43. The Hall–Kier alpha value is -1.31. The van der Waals surface area contributed by atoms with Gasteiger partial charge in [-0.15, -0.1) is 0 Å². The number of benzene rings is 1. The molecule has 86 valence electrons. The topological polar surface area (TPSA) is 29.1 Å². The summed E-state index contributed by atoms with van der Waals surface area (Å²) in [6.07, 6.45) is 0.571. The molecule has 0 bridgehead atoms. The molecule has 1 N–H and O–H groups in total. The Morgan fingerprint density at radius 1 is 1.31 bits per heavy atom. The molecule has 0 saturated heterocycles. The van der Waals surface area contributed by atoms with Crippen molar-refractivity contribution < 1.29 is 4.79 Å². The first-order valence-electron chi connectivity index (χ1n) is 5.84. The maximum absolute atomic E-state index is 11.5. The Bertz CT molecular complexity index is 432. The van der Waals surface area contributed by atoms with E-state index in [1.807, 2.05) is 6.07 Å². The number of nitrogens with one attached hydrogen (secondary N) is 1. The lowest BCUT2D eigenvalue weighted by atomic mass is 9.77. The summed E-state index contributed by atoms with van der Waals surface area (Å²) in [5.74, 6) is 0.647. The van der Waals surface area contributed by atoms with Crippen LogP contribution in [0.2, 0.25) is 0 Å². The van der Waals surface area contributed by atoms with Gasteiger partial charge in [-0.05, 0) is 23.1 Å². The number of hydrogen-bond donors (Lipinski definition) is 1. The van der Waals surface area contributed by atoms with E-state index in [1.54, 1.807) is 0 Å². The average molecular weight is 217 g/mol. The third-order valence-electron chi connectivity index (χ3n) is 3.32. The van der Waals surface area contributed by atoms with Crippen LogP contribution in [0.4, 0.5) is 5.69 Å². The number of rotatable bonds is 1. The summed E-state index contributed by atoms with van der Waals surface area (Å²) in [7, 11) is 0. The molecule has 16 heavy (non-hydrogen) atoms. The summed E-state index contributed by atoms with van der Waals surface area (Å²) in [6, 6.07) is 6.37. The van der Waals surface area contributed by atoms with E-state index in [4.69, 9.17) is 0 Å². The van der Waals surface area contributed by atoms with Gasteiger partial charge in [0.2, 0.25) is 5.91 Å². The molecule has 0 aromatic heterocycles. The standard InChI is InChI=1S/C14H19NO/c1-9(2)10-5-6-12-11(7-10)14(3,4)8-13(16)15-12/h5-7,9H,8H2,1-4H3,(H,15,16). The molecule has 1 aromatic carbocycles. The van der Waals surface area contributed by atoms with E-state index in [-0.39, 0.29) is 11.3 Å². The lowest BCUT2D eigenvalue weighted by Gasteiger charge is -2.32. The van der Waals surface area contributed by atoms with Gasteiger partial charge in [0.1, 0.15) is 0 Å². The van der Waals surface area contributed by atoms with Crippen LogP contribution in [0.15, 0.2) is 18.2 Å². The van der Waals surface area contributed by atoms with Crippen LogP contribution in [0.25, 0.3) is 0 Å². The van der Waals surface area contributed by atoms with Crippen LogP contribution < -0.4 is 5.32 Å². The van der Waals surface area contributed by atoms with Gasteiger partial charge in [-0.25, -0.2) is 0 Å². The number of hydrogen-bond acceptors (Lipinski definition) is 1. The van der Waals surface area contributed by atoms with Crippen LogP contribution in [0.3, 0.4) is 0 Å². The zero-order chi connectivity index (χ0) is 11.9. The van der Waals surface area contributed by atoms with Crippen molar-refractivity contribution in [1.29, 1.82) is 0 Å². The van der Waals surface area contributed by atoms with E-state index >= 15 is 0 Å². The molecule has 1 aliphatic heterocycles. The minimum Gasteiger partial charge on any atom is -0.326 e. The fourth-order valence-corrected chi connectivity index (χ4v) is 2.28. The molecule has 1 amide bonds. The molecule has 1 aliphatic rings. The van der Waals surface area contributed by atoms with Gasteiger partial charge >= 0.3 is 0 Å². The molecule has 0 unspecified atom stereocenters. The summed E-state index contributed by atoms with van der Waals surface area (Å²) >= 11 is 0. The lowest BCUT2D eigenvalue weighted by molar-refractivity contribution is -0.117. The van der Waals surface area contributed by atoms with Crippen LogP contribution in [0.5, 0.6) is 0 Å². The minimum absolute atomic E-state index is 0.0530. The molecule has 1 heterocycles. The maximum atomic E-state index is 11.5. The Labute approximate surface area is 97.1 Å². The number of carbonyl (C=O) groups excluding carboxylic acids is 1. The second kappa shape index (κ2) is 3.62. The number of carbonyl (C=O) groups is 1. The first-order valence-corrected chi connectivity index (χ1v) is 5.84. The highest BCUT2D eigenvalue weighted by atomic mass is 16.1. The average Bonchev–Trinajstić information content (AvgIpc) is 2.15. The molecule has 0 aliphatic carbocycles. The van der Waals surface area contributed by atoms with E-state index in [2.05, 4.69) is 45.1 Å². The van der Waals surface area contributed by atoms with Crippen LogP contribution in [0, 0.1) is 0 Å². The van der Waals surface area contributed by atoms with Crippen LogP contribution in [-0.2, 0) is 10.2 Å². The molecule has 0 spiro atoms. The Morgan fingerprint density at radius 3 is 2.62 bits per heavy atom. The highest BCUT2D eigenvalue weighted by Crippen LogP contribution is 2.38. The summed E-state index contributed by atoms with van der Waals surface area (Å²) in [5.41, 5.74) is 3.52. The van der Waals surface area contributed by atoms with Gasteiger partial charge in [-0.1, -0.05) is 39.8 Å². The van der Waals surface area contributed by atoms with Crippen LogP contribution in [0.1, 0.15) is 51.2 Å². The second-order valence-corrected chi connectivity index (χ2v) is 5.57. The molecular formula is C14H19NO. The fourth-order valence-electron chi connectivity index (χ4n) is 2.28. The van der Waals surface area contributed by atoms with Gasteiger partial charge in [0.15, 0.2) is 0 Å². The van der Waals surface area contributed by atoms with E-state index in [0.717, 1.165) is 5.69 Å². The highest BCUT2D eigenvalue weighted by molar-refractivity contribution is 5.95. The van der Waals surface area contributed by atoms with E-state index in [0.29, 0.717) is 12.3 Å². The molecule has 2 nitrogen and oxygen atoms in total. The largest absolute Gasteiger partial charge is 0.326 e. The quantitative estimate of drug-likeness (QED) is 0.767. The Morgan fingerprint density at radius 2 is 2.00 bits per heavy atom. The maximum Gasteiger partial charge on any atom is 0.225 e. The van der Waals surface area contributed by atoms with Crippen molar-refractivity contribution in [2.45, 2.75) is 45.4 Å². The summed E-state index contributed by atoms with van der Waals surface area (Å²) in [5, 5.41) is 2.94. The third-order valence-corrected chi connectivity index (χ3v) is 3.32. The zero-order valence-corrected chi connectivity index (χ0v) is 10.4. The third kappa shape index (κ3) is 1.84. The lowest BCUT2D eigenvalue weighted by Crippen LogP contribution is -2.32. The fraction of sp³-hybridized carbons (Fsp3) is 0.500. The molecule has 0 atom stereocenters. The molecule has 2 heteroatoms. The summed E-state index contributed by atoms with van der Waals surface area (Å²) < 4.78 is 0. The van der Waals surface area contributed by atoms with Gasteiger partial charge in [0.25, 0.3) is 0 Å². The first-order chi connectivity index (χ1) is 7.40. The van der Waals surface area contributed by atoms with E-state index in [1.165, 1.54) is 11.1 Å². The first kappa shape index (κ1) is 11.2. The van der Waals surface area contributed by atoms with Gasteiger partial charge < -0.3 is 5.32 Å². The second-order valence-electron chi connectivity index (χ2n) is 5.57. The van der Waals surface area contributed by atoms with Gasteiger partial charge in [-0.3, -0.25) is 4.79 Å². The van der Waals surface area contributed by atoms with Crippen molar-refractivity contribution in [2.75, 3.05) is 5.32 Å². The molecular weight excluding hydrogens is 198 g/mol. The molecule has 0 saturated carbocycles. The van der Waals surface area contributed by atoms with Gasteiger partial charge in [0.05, 0.1) is 0 Å². The van der Waals surface area contributed by atoms with Crippen molar-refractivity contribution in [3.05, 3.63) is 29.3 Å². The Balaban J connectivity index is 2.52. The van der Waals surface area contributed by atoms with Gasteiger partial charge in [0, 0.05) is 17.5 Å². The zero-order valence-electron chi connectivity index (χ0n) is 10.4. The monoisotopic (exact) mass is 217 g/mol. The van der Waals surface area contributed by atoms with Crippen molar-refractivity contribution in [2.24, 2.45) is 0 Å². The van der Waals surface area contributed by atoms with Gasteiger partial charge in [-0.2, -0.15) is 0 Å². The van der Waals surface area contributed by atoms with Crippen molar-refractivity contribution in [3.8, 4) is 0 Å². The summed E-state index contributed by atoms with van der Waals surface area (Å²) in [4.78, 5) is 11.5. The minimum atomic E-state index is -0.0530. The van der Waals surface area contributed by atoms with Crippen molar-refractivity contribution >= 4 is 11.6 Å². The smallest absolute Gasteiger partial charge is 0.225 e. The number of fused-ring (bicyclic) bond motifs is 1. The summed E-state index contributed by atoms with van der Waals surface area (Å²) in [6.45, 7) is 8.65. The van der Waals surface area contributed by atoms with Crippen LogP contribution >= 0.6 is 0 Å². The molecule has 2 rings (SSSR count). The van der Waals surface area contributed by atoms with E-state index in [9.17, 15) is 4.79 Å². The van der Waals surface area contributed by atoms with Crippen LogP contribution in [-0.4, -0.2) is 5.91 Å². The normalized spacial score (nSPS) is 18.2. The van der Waals surface area contributed by atoms with E-state index < -0.39 is 0 Å². The number of amides is 1. The SMILES string of the molecule is CC(C)c1ccc2c(c1)C(C)(C)CC(=O)N2. The highest BCUT2D eigenvalue weighted by Gasteiger charge is 2.31. The predicted molar refractivity (Wildman–Crippen MR) is 66.8 cm³/mol. The molecule has 0 radical (unpaired) electrons. The number of anilines is 1. The molecule has 1 aromatic rings.